The van der Waals surface area contributed by atoms with Crippen molar-refractivity contribution in [3.05, 3.63) is 29.8 Å². The van der Waals surface area contributed by atoms with E-state index in [9.17, 15) is 13.2 Å². The first kappa shape index (κ1) is 21.7. The second-order valence-electron chi connectivity index (χ2n) is 7.42. The zero-order valence-electron chi connectivity index (χ0n) is 17.0. The molecule has 2 fully saturated rings. The number of nitrogens with one attached hydrogen (secondary N) is 1. The van der Waals surface area contributed by atoms with E-state index in [0.29, 0.717) is 51.6 Å². The van der Waals surface area contributed by atoms with E-state index in [1.807, 2.05) is 4.90 Å². The summed E-state index contributed by atoms with van der Waals surface area (Å²) in [6.45, 7) is 4.63. The minimum Gasteiger partial charge on any atom is -0.381 e. The third-order valence-electron chi connectivity index (χ3n) is 5.74. The van der Waals surface area contributed by atoms with Gasteiger partial charge in [0.25, 0.3) is 0 Å². The van der Waals surface area contributed by atoms with Crippen LogP contribution < -0.4 is 10.2 Å². The normalized spacial score (nSPS) is 20.7. The van der Waals surface area contributed by atoms with Gasteiger partial charge >= 0.3 is 6.18 Å². The highest BCUT2D eigenvalue weighted by Gasteiger charge is 2.34. The summed E-state index contributed by atoms with van der Waals surface area (Å²) in [7, 11) is 3.47. The molecule has 0 bridgehead atoms. The van der Waals surface area contributed by atoms with Gasteiger partial charge in [-0.1, -0.05) is 6.07 Å². The summed E-state index contributed by atoms with van der Waals surface area (Å²) in [5.41, 5.74) is -0.271. The smallest absolute Gasteiger partial charge is 0.381 e. The van der Waals surface area contributed by atoms with Crippen LogP contribution in [0.25, 0.3) is 0 Å². The molecular weight excluding hydrogens is 385 g/mol. The number of benzene rings is 1. The van der Waals surface area contributed by atoms with Gasteiger partial charge < -0.3 is 24.6 Å². The first-order valence-corrected chi connectivity index (χ1v) is 9.88. The molecule has 0 aromatic heterocycles. The van der Waals surface area contributed by atoms with Crippen LogP contribution in [0.5, 0.6) is 0 Å². The molecule has 0 atom stereocenters. The molecule has 1 N–H and O–H groups in total. The van der Waals surface area contributed by atoms with E-state index in [-0.39, 0.29) is 5.60 Å². The number of piperazine rings is 1. The lowest BCUT2D eigenvalue weighted by molar-refractivity contribution is -0.137. The molecule has 0 unspecified atom stereocenters. The van der Waals surface area contributed by atoms with Crippen molar-refractivity contribution in [1.82, 2.24) is 10.2 Å². The quantitative estimate of drug-likeness (QED) is 0.606. The number of hydrogen-bond donors (Lipinski definition) is 1. The number of methoxy groups -OCH3 is 1. The zero-order valence-corrected chi connectivity index (χ0v) is 17.0. The Morgan fingerprint density at radius 2 is 1.90 bits per heavy atom. The molecule has 2 aliphatic heterocycles. The van der Waals surface area contributed by atoms with Crippen molar-refractivity contribution in [3.63, 3.8) is 0 Å². The Labute approximate surface area is 169 Å². The van der Waals surface area contributed by atoms with Gasteiger partial charge in [-0.15, -0.1) is 0 Å². The molecule has 2 saturated heterocycles. The summed E-state index contributed by atoms with van der Waals surface area (Å²) in [6, 6.07) is 5.51. The van der Waals surface area contributed by atoms with E-state index in [4.69, 9.17) is 9.47 Å². The SMILES string of the molecule is CN=C(NCC1(OC)CCOCC1)N1CCN(c2cccc(C(F)(F)F)c2)CC1. The number of alkyl halides is 3. The van der Waals surface area contributed by atoms with Crippen molar-refractivity contribution in [2.45, 2.75) is 24.6 Å². The fourth-order valence-corrected chi connectivity index (χ4v) is 3.82. The summed E-state index contributed by atoms with van der Waals surface area (Å²) < 4.78 is 50.1. The molecule has 2 aliphatic rings. The lowest BCUT2D eigenvalue weighted by Crippen LogP contribution is -2.56. The molecule has 3 rings (SSSR count). The van der Waals surface area contributed by atoms with Crippen LogP contribution in [0.4, 0.5) is 18.9 Å². The molecule has 2 heterocycles. The van der Waals surface area contributed by atoms with Crippen LogP contribution in [0.1, 0.15) is 18.4 Å². The summed E-state index contributed by atoms with van der Waals surface area (Å²) >= 11 is 0. The third kappa shape index (κ3) is 5.33. The molecule has 162 valence electrons. The van der Waals surface area contributed by atoms with Gasteiger partial charge in [-0.2, -0.15) is 13.2 Å². The van der Waals surface area contributed by atoms with Gasteiger partial charge in [-0.25, -0.2) is 0 Å². The minimum absolute atomic E-state index is 0.256. The molecule has 6 nitrogen and oxygen atoms in total. The topological polar surface area (TPSA) is 49.3 Å². The molecule has 29 heavy (non-hydrogen) atoms. The van der Waals surface area contributed by atoms with Crippen LogP contribution in [-0.2, 0) is 15.7 Å². The van der Waals surface area contributed by atoms with Gasteiger partial charge in [0, 0.05) is 78.6 Å². The Morgan fingerprint density at radius 1 is 1.21 bits per heavy atom. The highest BCUT2D eigenvalue weighted by molar-refractivity contribution is 5.80. The predicted octanol–water partition coefficient (Wildman–Crippen LogP) is 2.60. The lowest BCUT2D eigenvalue weighted by Gasteiger charge is -2.40. The lowest BCUT2D eigenvalue weighted by atomic mass is 9.94. The van der Waals surface area contributed by atoms with Gasteiger partial charge in [0.15, 0.2) is 5.96 Å². The number of aliphatic imine (C=N–C) groups is 1. The molecule has 0 amide bonds. The van der Waals surface area contributed by atoms with Crippen LogP contribution in [0, 0.1) is 0 Å². The largest absolute Gasteiger partial charge is 0.416 e. The summed E-state index contributed by atoms with van der Waals surface area (Å²) in [5, 5.41) is 3.41. The summed E-state index contributed by atoms with van der Waals surface area (Å²) in [5.74, 6) is 0.789. The molecule has 0 aliphatic carbocycles. The standard InChI is InChI=1S/C20H29F3N4O2/c1-24-18(25-15-19(28-2)6-12-29-13-7-19)27-10-8-26(9-11-27)17-5-3-4-16(14-17)20(21,22)23/h3-5,14H,6-13,15H2,1-2H3,(H,24,25). The Hall–Kier alpha value is -2.00. The van der Waals surface area contributed by atoms with Gasteiger partial charge in [0.1, 0.15) is 0 Å². The highest BCUT2D eigenvalue weighted by Crippen LogP contribution is 2.32. The second-order valence-corrected chi connectivity index (χ2v) is 7.42. The van der Waals surface area contributed by atoms with Gasteiger partial charge in [-0.3, -0.25) is 4.99 Å². The molecular formula is C20H29F3N4O2. The van der Waals surface area contributed by atoms with E-state index in [1.165, 1.54) is 12.1 Å². The first-order chi connectivity index (χ1) is 13.9. The Kier molecular flexibility index (Phi) is 6.89. The maximum atomic E-state index is 13.0. The van der Waals surface area contributed by atoms with Crippen LogP contribution in [-0.4, -0.2) is 76.6 Å². The van der Waals surface area contributed by atoms with Gasteiger partial charge in [-0.05, 0) is 18.2 Å². The molecule has 0 spiro atoms. The molecule has 9 heteroatoms. The zero-order chi connectivity index (χ0) is 20.9. The monoisotopic (exact) mass is 414 g/mol. The first-order valence-electron chi connectivity index (χ1n) is 9.88. The van der Waals surface area contributed by atoms with Crippen molar-refractivity contribution < 1.29 is 22.6 Å². The average Bonchev–Trinajstić information content (AvgIpc) is 2.75. The van der Waals surface area contributed by atoms with E-state index in [2.05, 4.69) is 15.2 Å². The van der Waals surface area contributed by atoms with Gasteiger partial charge in [0.2, 0.25) is 0 Å². The summed E-state index contributed by atoms with van der Waals surface area (Å²) in [4.78, 5) is 8.50. The van der Waals surface area contributed by atoms with Crippen molar-refractivity contribution in [1.29, 1.82) is 0 Å². The molecule has 1 aromatic carbocycles. The average molecular weight is 414 g/mol. The van der Waals surface area contributed by atoms with E-state index in [0.717, 1.165) is 24.9 Å². The predicted molar refractivity (Wildman–Crippen MR) is 106 cm³/mol. The number of anilines is 1. The fourth-order valence-electron chi connectivity index (χ4n) is 3.82. The van der Waals surface area contributed by atoms with E-state index >= 15 is 0 Å². The highest BCUT2D eigenvalue weighted by atomic mass is 19.4. The Morgan fingerprint density at radius 3 is 2.48 bits per heavy atom. The van der Waals surface area contributed by atoms with E-state index in [1.54, 1.807) is 20.2 Å². The van der Waals surface area contributed by atoms with Gasteiger partial charge in [0.05, 0.1) is 11.2 Å². The van der Waals surface area contributed by atoms with Crippen LogP contribution >= 0.6 is 0 Å². The number of guanidine groups is 1. The van der Waals surface area contributed by atoms with Crippen molar-refractivity contribution in [2.24, 2.45) is 4.99 Å². The number of ether oxygens (including phenoxy) is 2. The van der Waals surface area contributed by atoms with Crippen LogP contribution in [0.2, 0.25) is 0 Å². The third-order valence-corrected chi connectivity index (χ3v) is 5.74. The number of hydrogen-bond acceptors (Lipinski definition) is 4. The second kappa shape index (κ2) is 9.21. The van der Waals surface area contributed by atoms with Crippen molar-refractivity contribution in [2.75, 3.05) is 65.0 Å². The Balaban J connectivity index is 1.56. The molecule has 0 radical (unpaired) electrons. The van der Waals surface area contributed by atoms with E-state index < -0.39 is 11.7 Å². The van der Waals surface area contributed by atoms with Crippen LogP contribution in [0.15, 0.2) is 29.3 Å². The Bertz CT molecular complexity index is 697. The number of halogens is 3. The molecule has 0 saturated carbocycles. The van der Waals surface area contributed by atoms with Crippen LogP contribution in [0.3, 0.4) is 0 Å². The maximum Gasteiger partial charge on any atom is 0.416 e. The summed E-state index contributed by atoms with van der Waals surface area (Å²) in [6.07, 6.45) is -2.67. The maximum absolute atomic E-state index is 13.0. The van der Waals surface area contributed by atoms with Crippen molar-refractivity contribution >= 4 is 11.6 Å². The fraction of sp³-hybridized carbons (Fsp3) is 0.650. The number of nitrogens with zero attached hydrogens (tertiary/aromatic N) is 3. The minimum atomic E-state index is -4.33. The molecule has 1 aromatic rings. The number of rotatable bonds is 4. The van der Waals surface area contributed by atoms with Crippen molar-refractivity contribution in [3.8, 4) is 0 Å².